The average molecular weight is 731 g/mol. The van der Waals surface area contributed by atoms with Crippen LogP contribution in [0.15, 0.2) is 30.4 Å². The number of rotatable bonds is 6. The van der Waals surface area contributed by atoms with Gasteiger partial charge in [0.1, 0.15) is 42.5 Å². The Morgan fingerprint density at radius 2 is 1.76 bits per heavy atom. The molecule has 3 heterocycles. The van der Waals surface area contributed by atoms with E-state index in [4.69, 9.17) is 18.9 Å². The number of nitrogens with one attached hydrogen (secondary N) is 3. The standard InChI is InChI=1S/C35H46N4O11S/c1-34(2,3)50-33(44)36-25-10-8-6-4-5-7-9-22-19-35(22,32(43)38-51(45,46)24-12-13-24)37-29(40)26-18-23(20-39(26)30(25)41)49-31(42)21-11-14-27-28(17-21)48-16-15-47-27/h7,9,11,14,17,22-26H,4-6,8,10,12-13,15-16,18-20H2,1-3H3,(H,36,44)(H,37,40)(H,38,43)/b9-7+. The molecule has 15 nitrogen and oxygen atoms in total. The summed E-state index contributed by atoms with van der Waals surface area (Å²) < 4.78 is 50.1. The number of ether oxygens (including phenoxy) is 4. The molecule has 1 saturated heterocycles. The van der Waals surface area contributed by atoms with Gasteiger partial charge in [0.15, 0.2) is 11.5 Å². The third kappa shape index (κ3) is 8.59. The van der Waals surface area contributed by atoms with Gasteiger partial charge in [0, 0.05) is 12.3 Å². The van der Waals surface area contributed by atoms with Crippen LogP contribution in [-0.2, 0) is 33.9 Å². The minimum atomic E-state index is -3.91. The summed E-state index contributed by atoms with van der Waals surface area (Å²) in [5.41, 5.74) is -2.19. The first-order valence-corrected chi connectivity index (χ1v) is 19.2. The van der Waals surface area contributed by atoms with E-state index in [1.807, 2.05) is 12.2 Å². The predicted molar refractivity (Wildman–Crippen MR) is 181 cm³/mol. The SMILES string of the molecule is CC(C)(C)OC(=O)NC1CCCCC/C=C/C2CC2(C(=O)NS(=O)(=O)C2CC2)NC(=O)C2CC(OC(=O)c3ccc4c(c3)OCCO4)CN2C1=O. The van der Waals surface area contributed by atoms with Gasteiger partial charge in [0.2, 0.25) is 21.8 Å². The van der Waals surface area contributed by atoms with Gasteiger partial charge in [-0.05, 0) is 77.5 Å². The van der Waals surface area contributed by atoms with E-state index in [-0.39, 0.29) is 31.4 Å². The first kappa shape index (κ1) is 36.5. The van der Waals surface area contributed by atoms with Crippen molar-refractivity contribution in [3.8, 4) is 11.5 Å². The minimum absolute atomic E-state index is 0.106. The Bertz CT molecular complexity index is 1700. The zero-order valence-corrected chi connectivity index (χ0v) is 29.9. The molecule has 6 rings (SSSR count). The fourth-order valence-electron chi connectivity index (χ4n) is 6.69. The molecule has 5 aliphatic rings. The van der Waals surface area contributed by atoms with Crippen molar-refractivity contribution in [2.45, 2.75) is 113 Å². The highest BCUT2D eigenvalue weighted by atomic mass is 32.2. The van der Waals surface area contributed by atoms with E-state index in [0.717, 1.165) is 12.8 Å². The van der Waals surface area contributed by atoms with Crippen molar-refractivity contribution in [1.29, 1.82) is 0 Å². The Morgan fingerprint density at radius 1 is 1.02 bits per heavy atom. The van der Waals surface area contributed by atoms with Gasteiger partial charge in [-0.2, -0.15) is 0 Å². The molecule has 2 saturated carbocycles. The molecule has 5 unspecified atom stereocenters. The van der Waals surface area contributed by atoms with Gasteiger partial charge < -0.3 is 34.5 Å². The van der Waals surface area contributed by atoms with Gasteiger partial charge in [-0.15, -0.1) is 0 Å². The topological polar surface area (TPSA) is 196 Å². The monoisotopic (exact) mass is 730 g/mol. The number of hydrogen-bond donors (Lipinski definition) is 3. The zero-order valence-electron chi connectivity index (χ0n) is 29.1. The summed E-state index contributed by atoms with van der Waals surface area (Å²) in [4.78, 5) is 69.5. The van der Waals surface area contributed by atoms with Crippen molar-refractivity contribution in [1.82, 2.24) is 20.3 Å². The van der Waals surface area contributed by atoms with Crippen molar-refractivity contribution in [3.63, 3.8) is 0 Å². The lowest BCUT2D eigenvalue weighted by Crippen LogP contribution is -2.58. The molecule has 0 aromatic heterocycles. The highest BCUT2D eigenvalue weighted by molar-refractivity contribution is 7.91. The van der Waals surface area contributed by atoms with E-state index in [9.17, 15) is 32.4 Å². The number of alkyl carbamates (subject to hydrolysis) is 1. The van der Waals surface area contributed by atoms with E-state index in [1.54, 1.807) is 26.8 Å². The van der Waals surface area contributed by atoms with E-state index in [2.05, 4.69) is 15.4 Å². The molecule has 3 fully saturated rings. The summed E-state index contributed by atoms with van der Waals surface area (Å²) >= 11 is 0. The normalized spacial score (nSPS) is 28.8. The Balaban J connectivity index is 1.26. The van der Waals surface area contributed by atoms with Crippen LogP contribution >= 0.6 is 0 Å². The number of fused-ring (bicyclic) bond motifs is 3. The van der Waals surface area contributed by atoms with Gasteiger partial charge in [0.05, 0.1) is 17.4 Å². The van der Waals surface area contributed by atoms with Crippen LogP contribution in [0.4, 0.5) is 4.79 Å². The fraction of sp³-hybridized carbons (Fsp3) is 0.629. The van der Waals surface area contributed by atoms with Gasteiger partial charge in [-0.3, -0.25) is 19.1 Å². The van der Waals surface area contributed by atoms with Crippen LogP contribution in [0.3, 0.4) is 0 Å². The second-order valence-electron chi connectivity index (χ2n) is 14.8. The fourth-order valence-corrected chi connectivity index (χ4v) is 8.05. The van der Waals surface area contributed by atoms with Crippen LogP contribution in [0.5, 0.6) is 11.5 Å². The van der Waals surface area contributed by atoms with E-state index in [1.165, 1.54) is 17.0 Å². The Labute approximate surface area is 297 Å². The van der Waals surface area contributed by atoms with Gasteiger partial charge in [-0.1, -0.05) is 25.0 Å². The summed E-state index contributed by atoms with van der Waals surface area (Å²) in [5, 5.41) is 4.82. The summed E-state index contributed by atoms with van der Waals surface area (Å²) in [5.74, 6) is -2.40. The molecule has 3 N–H and O–H groups in total. The zero-order chi connectivity index (χ0) is 36.6. The summed E-state index contributed by atoms with van der Waals surface area (Å²) in [7, 11) is -3.91. The molecule has 0 radical (unpaired) electrons. The smallest absolute Gasteiger partial charge is 0.408 e. The highest BCUT2D eigenvalue weighted by Gasteiger charge is 2.62. The predicted octanol–water partition coefficient (Wildman–Crippen LogP) is 2.48. The van der Waals surface area contributed by atoms with Gasteiger partial charge >= 0.3 is 12.1 Å². The van der Waals surface area contributed by atoms with Crippen molar-refractivity contribution >= 4 is 39.8 Å². The molecule has 278 valence electrons. The first-order chi connectivity index (χ1) is 24.1. The molecule has 3 aliphatic heterocycles. The first-order valence-electron chi connectivity index (χ1n) is 17.6. The quantitative estimate of drug-likeness (QED) is 0.287. The number of carbonyl (C=O) groups is 5. The summed E-state index contributed by atoms with van der Waals surface area (Å²) in [6.07, 6.45) is 6.01. The third-order valence-electron chi connectivity index (χ3n) is 9.59. The van der Waals surface area contributed by atoms with Crippen LogP contribution in [0.25, 0.3) is 0 Å². The number of hydrogen-bond acceptors (Lipinski definition) is 11. The van der Waals surface area contributed by atoms with E-state index < -0.39 is 80.3 Å². The Morgan fingerprint density at radius 3 is 2.49 bits per heavy atom. The molecular formula is C35H46N4O11S. The molecule has 1 aromatic carbocycles. The summed E-state index contributed by atoms with van der Waals surface area (Å²) in [6, 6.07) is 2.36. The Hall–Kier alpha value is -4.34. The summed E-state index contributed by atoms with van der Waals surface area (Å²) in [6.45, 7) is 5.64. The number of esters is 1. The lowest BCUT2D eigenvalue weighted by molar-refractivity contribution is -0.141. The number of sulfonamides is 1. The van der Waals surface area contributed by atoms with Crippen LogP contribution in [0.1, 0.15) is 88.9 Å². The minimum Gasteiger partial charge on any atom is -0.486 e. The van der Waals surface area contributed by atoms with Gasteiger partial charge in [-0.25, -0.2) is 18.0 Å². The largest absolute Gasteiger partial charge is 0.486 e. The second kappa shape index (κ2) is 14.4. The second-order valence-corrected chi connectivity index (χ2v) is 16.8. The van der Waals surface area contributed by atoms with Crippen LogP contribution in [0.2, 0.25) is 0 Å². The number of carbonyl (C=O) groups excluding carboxylic acids is 5. The molecular weight excluding hydrogens is 684 g/mol. The van der Waals surface area contributed by atoms with E-state index in [0.29, 0.717) is 50.4 Å². The molecule has 16 heteroatoms. The number of nitrogens with zero attached hydrogens (tertiary/aromatic N) is 1. The maximum absolute atomic E-state index is 14.3. The van der Waals surface area contributed by atoms with Crippen molar-refractivity contribution in [2.24, 2.45) is 5.92 Å². The number of amides is 4. The molecule has 0 bridgehead atoms. The highest BCUT2D eigenvalue weighted by Crippen LogP contribution is 2.46. The molecule has 51 heavy (non-hydrogen) atoms. The molecule has 0 spiro atoms. The van der Waals surface area contributed by atoms with Crippen molar-refractivity contribution in [2.75, 3.05) is 19.8 Å². The maximum atomic E-state index is 14.3. The van der Waals surface area contributed by atoms with Crippen molar-refractivity contribution < 1.29 is 51.3 Å². The molecule has 2 aliphatic carbocycles. The third-order valence-corrected chi connectivity index (χ3v) is 11.4. The Kier molecular flexibility index (Phi) is 10.3. The number of benzene rings is 1. The maximum Gasteiger partial charge on any atom is 0.408 e. The van der Waals surface area contributed by atoms with E-state index >= 15 is 0 Å². The molecule has 1 aromatic rings. The van der Waals surface area contributed by atoms with Gasteiger partial charge in [0.25, 0.3) is 5.91 Å². The van der Waals surface area contributed by atoms with Crippen LogP contribution in [0, 0.1) is 5.92 Å². The molecule has 5 atom stereocenters. The number of allylic oxidation sites excluding steroid dienone is 1. The lowest BCUT2D eigenvalue weighted by Gasteiger charge is -2.30. The molecule has 4 amide bonds. The van der Waals surface area contributed by atoms with Crippen LogP contribution < -0.4 is 24.8 Å². The lowest BCUT2D eigenvalue weighted by atomic mass is 10.0. The van der Waals surface area contributed by atoms with Crippen molar-refractivity contribution in [3.05, 3.63) is 35.9 Å². The van der Waals surface area contributed by atoms with Crippen LogP contribution in [-0.4, -0.2) is 97.4 Å². The average Bonchev–Trinajstić information content (AvgIpc) is 3.99.